The predicted octanol–water partition coefficient (Wildman–Crippen LogP) is 2.66. The first-order valence-corrected chi connectivity index (χ1v) is 10.5. The van der Waals surface area contributed by atoms with Crippen LogP contribution in [-0.4, -0.2) is 61.6 Å². The summed E-state index contributed by atoms with van der Waals surface area (Å²) >= 11 is 0. The minimum atomic E-state index is -2.84. The van der Waals surface area contributed by atoms with Crippen LogP contribution in [0.15, 0.2) is 42.5 Å². The van der Waals surface area contributed by atoms with Crippen LogP contribution < -0.4 is 14.8 Å². The Labute approximate surface area is 180 Å². The van der Waals surface area contributed by atoms with E-state index >= 15 is 0 Å². The van der Waals surface area contributed by atoms with Crippen molar-refractivity contribution in [3.63, 3.8) is 0 Å². The van der Waals surface area contributed by atoms with Gasteiger partial charge in [0.15, 0.2) is 0 Å². The number of ether oxygens (including phenoxy) is 2. The molecule has 1 fully saturated rings. The molecule has 0 aromatic heterocycles. The van der Waals surface area contributed by atoms with E-state index in [0.29, 0.717) is 13.1 Å². The maximum Gasteiger partial charge on any atom is 0.387 e. The second-order valence-corrected chi connectivity index (χ2v) is 7.89. The lowest BCUT2D eigenvalue weighted by Gasteiger charge is -2.34. The summed E-state index contributed by atoms with van der Waals surface area (Å²) < 4.78 is 34.3. The quantitative estimate of drug-likeness (QED) is 0.697. The summed E-state index contributed by atoms with van der Waals surface area (Å²) in [4.78, 5) is 16.8. The van der Waals surface area contributed by atoms with Gasteiger partial charge in [0, 0.05) is 45.7 Å². The smallest absolute Gasteiger partial charge is 0.387 e. The van der Waals surface area contributed by atoms with Gasteiger partial charge in [-0.05, 0) is 34.9 Å². The SMILES string of the molecule is O=C(CN1CCN(Cc2ccc3c(c2)CCO3)CC1)NCc1ccc(OC(F)F)cc1. The van der Waals surface area contributed by atoms with Gasteiger partial charge in [-0.15, -0.1) is 0 Å². The third-order valence-corrected chi connectivity index (χ3v) is 5.63. The Bertz CT molecular complexity index is 884. The molecule has 4 rings (SSSR count). The minimum Gasteiger partial charge on any atom is -0.493 e. The zero-order valence-corrected chi connectivity index (χ0v) is 17.4. The van der Waals surface area contributed by atoms with Crippen LogP contribution in [0, 0.1) is 0 Å². The zero-order valence-electron chi connectivity index (χ0n) is 17.4. The molecule has 1 saturated heterocycles. The maximum absolute atomic E-state index is 12.3. The number of piperazine rings is 1. The van der Waals surface area contributed by atoms with E-state index in [0.717, 1.165) is 57.1 Å². The van der Waals surface area contributed by atoms with Crippen molar-refractivity contribution in [3.05, 3.63) is 59.2 Å². The van der Waals surface area contributed by atoms with Gasteiger partial charge in [-0.2, -0.15) is 8.78 Å². The largest absolute Gasteiger partial charge is 0.493 e. The third kappa shape index (κ3) is 6.15. The molecule has 2 heterocycles. The normalized spacial score (nSPS) is 16.7. The highest BCUT2D eigenvalue weighted by Crippen LogP contribution is 2.26. The molecule has 0 bridgehead atoms. The number of hydrogen-bond acceptors (Lipinski definition) is 5. The van der Waals surface area contributed by atoms with E-state index < -0.39 is 6.61 Å². The lowest BCUT2D eigenvalue weighted by molar-refractivity contribution is -0.122. The Morgan fingerprint density at radius 3 is 2.48 bits per heavy atom. The molecule has 6 nitrogen and oxygen atoms in total. The number of hydrogen-bond donors (Lipinski definition) is 1. The lowest BCUT2D eigenvalue weighted by Crippen LogP contribution is -2.49. The highest BCUT2D eigenvalue weighted by molar-refractivity contribution is 5.78. The fraction of sp³-hybridized carbons (Fsp3) is 0.435. The molecular formula is C23H27F2N3O3. The van der Waals surface area contributed by atoms with Crippen LogP contribution in [0.3, 0.4) is 0 Å². The van der Waals surface area contributed by atoms with Crippen molar-refractivity contribution in [1.82, 2.24) is 15.1 Å². The van der Waals surface area contributed by atoms with Crippen molar-refractivity contribution < 1.29 is 23.0 Å². The summed E-state index contributed by atoms with van der Waals surface area (Å²) in [5, 5.41) is 2.89. The summed E-state index contributed by atoms with van der Waals surface area (Å²) in [6.45, 7) is 3.11. The van der Waals surface area contributed by atoms with Gasteiger partial charge in [-0.25, -0.2) is 0 Å². The fourth-order valence-corrected chi connectivity index (χ4v) is 3.95. The number of nitrogens with zero attached hydrogens (tertiary/aromatic N) is 2. The maximum atomic E-state index is 12.3. The molecule has 2 aromatic carbocycles. The van der Waals surface area contributed by atoms with E-state index in [2.05, 4.69) is 38.1 Å². The molecule has 0 radical (unpaired) electrons. The van der Waals surface area contributed by atoms with Gasteiger partial charge >= 0.3 is 6.61 Å². The second kappa shape index (κ2) is 10.1. The molecule has 1 N–H and O–H groups in total. The van der Waals surface area contributed by atoms with Crippen molar-refractivity contribution in [2.75, 3.05) is 39.3 Å². The van der Waals surface area contributed by atoms with Gasteiger partial charge in [-0.3, -0.25) is 14.6 Å². The van der Waals surface area contributed by atoms with Crippen LogP contribution in [-0.2, 0) is 24.3 Å². The van der Waals surface area contributed by atoms with Gasteiger partial charge in [-0.1, -0.05) is 24.3 Å². The Balaban J connectivity index is 1.16. The molecule has 8 heteroatoms. The summed E-state index contributed by atoms with van der Waals surface area (Å²) in [5.41, 5.74) is 3.43. The van der Waals surface area contributed by atoms with Crippen LogP contribution in [0.2, 0.25) is 0 Å². The molecule has 0 spiro atoms. The number of amides is 1. The van der Waals surface area contributed by atoms with Gasteiger partial charge in [0.1, 0.15) is 11.5 Å². The van der Waals surface area contributed by atoms with Gasteiger partial charge in [0.05, 0.1) is 13.2 Å². The summed E-state index contributed by atoms with van der Waals surface area (Å²) in [7, 11) is 0. The average molecular weight is 431 g/mol. The van der Waals surface area contributed by atoms with E-state index in [-0.39, 0.29) is 11.7 Å². The summed E-state index contributed by atoms with van der Waals surface area (Å²) in [6.07, 6.45) is 0.986. The van der Waals surface area contributed by atoms with Crippen molar-refractivity contribution in [3.8, 4) is 11.5 Å². The number of rotatable bonds is 8. The molecule has 166 valence electrons. The van der Waals surface area contributed by atoms with E-state index in [1.54, 1.807) is 12.1 Å². The standard InChI is InChI=1S/C23H27F2N3O3/c24-23(25)31-20-4-1-17(2-5-20)14-26-22(29)16-28-10-8-27(9-11-28)15-18-3-6-21-19(13-18)7-12-30-21/h1-6,13,23H,7-12,14-16H2,(H,26,29). The number of carbonyl (C=O) groups excluding carboxylic acids is 1. The van der Waals surface area contributed by atoms with Crippen LogP contribution >= 0.6 is 0 Å². The molecule has 2 aromatic rings. The molecule has 0 saturated carbocycles. The molecular weight excluding hydrogens is 404 g/mol. The first-order valence-electron chi connectivity index (χ1n) is 10.5. The van der Waals surface area contributed by atoms with Gasteiger partial charge < -0.3 is 14.8 Å². The van der Waals surface area contributed by atoms with Crippen LogP contribution in [0.25, 0.3) is 0 Å². The highest BCUT2D eigenvalue weighted by Gasteiger charge is 2.20. The van der Waals surface area contributed by atoms with Crippen molar-refractivity contribution in [2.45, 2.75) is 26.1 Å². The van der Waals surface area contributed by atoms with Gasteiger partial charge in [0.25, 0.3) is 0 Å². The van der Waals surface area contributed by atoms with Crippen molar-refractivity contribution in [1.29, 1.82) is 0 Å². The number of nitrogens with one attached hydrogen (secondary N) is 1. The minimum absolute atomic E-state index is 0.0417. The predicted molar refractivity (Wildman–Crippen MR) is 112 cm³/mol. The van der Waals surface area contributed by atoms with E-state index in [9.17, 15) is 13.6 Å². The Kier molecular flexibility index (Phi) is 6.99. The van der Waals surface area contributed by atoms with Crippen molar-refractivity contribution in [2.24, 2.45) is 0 Å². The molecule has 0 aliphatic carbocycles. The van der Waals surface area contributed by atoms with E-state index in [1.165, 1.54) is 23.3 Å². The first-order chi connectivity index (χ1) is 15.0. The monoisotopic (exact) mass is 431 g/mol. The summed E-state index contributed by atoms with van der Waals surface area (Å²) in [6, 6.07) is 12.7. The molecule has 0 atom stereocenters. The highest BCUT2D eigenvalue weighted by atomic mass is 19.3. The first kappa shape index (κ1) is 21.5. The number of fused-ring (bicyclic) bond motifs is 1. The third-order valence-electron chi connectivity index (χ3n) is 5.63. The summed E-state index contributed by atoms with van der Waals surface area (Å²) in [5.74, 6) is 1.08. The molecule has 0 unspecified atom stereocenters. The molecule has 2 aliphatic rings. The number of halogens is 2. The molecule has 1 amide bonds. The van der Waals surface area contributed by atoms with Crippen LogP contribution in [0.5, 0.6) is 11.5 Å². The van der Waals surface area contributed by atoms with Crippen molar-refractivity contribution >= 4 is 5.91 Å². The van der Waals surface area contributed by atoms with Gasteiger partial charge in [0.2, 0.25) is 5.91 Å². The zero-order chi connectivity index (χ0) is 21.6. The van der Waals surface area contributed by atoms with Crippen LogP contribution in [0.4, 0.5) is 8.78 Å². The Morgan fingerprint density at radius 1 is 1.03 bits per heavy atom. The Morgan fingerprint density at radius 2 is 1.74 bits per heavy atom. The fourth-order valence-electron chi connectivity index (χ4n) is 3.95. The average Bonchev–Trinajstić information content (AvgIpc) is 3.22. The number of benzene rings is 2. The second-order valence-electron chi connectivity index (χ2n) is 7.89. The van der Waals surface area contributed by atoms with E-state index in [1.807, 2.05) is 0 Å². The Hall–Kier alpha value is -2.71. The van der Waals surface area contributed by atoms with Crippen LogP contribution in [0.1, 0.15) is 16.7 Å². The lowest BCUT2D eigenvalue weighted by atomic mass is 10.1. The molecule has 2 aliphatic heterocycles. The molecule has 31 heavy (non-hydrogen) atoms. The topological polar surface area (TPSA) is 54.0 Å². The number of alkyl halides is 2. The van der Waals surface area contributed by atoms with E-state index in [4.69, 9.17) is 4.74 Å². The number of carbonyl (C=O) groups is 1.